The number of rotatable bonds is 9. The van der Waals surface area contributed by atoms with Crippen LogP contribution in [0.2, 0.25) is 0 Å². The highest BCUT2D eigenvalue weighted by Crippen LogP contribution is 2.30. The van der Waals surface area contributed by atoms with E-state index in [9.17, 15) is 19.6 Å². The Balaban J connectivity index is 1.71. The van der Waals surface area contributed by atoms with Crippen molar-refractivity contribution >= 4 is 22.3 Å². The smallest absolute Gasteiger partial charge is 0.259 e. The number of hydrogen-bond donors (Lipinski definition) is 3. The topological polar surface area (TPSA) is 93.3 Å². The fourth-order valence-electron chi connectivity index (χ4n) is 4.66. The summed E-state index contributed by atoms with van der Waals surface area (Å²) >= 11 is 0. The zero-order chi connectivity index (χ0) is 25.1. The number of fused-ring (bicyclic) bond motifs is 1. The quantitative estimate of drug-likeness (QED) is 0.405. The van der Waals surface area contributed by atoms with Gasteiger partial charge in [0.25, 0.3) is 5.56 Å². The van der Waals surface area contributed by atoms with E-state index in [1.807, 2.05) is 38.1 Å². The van der Waals surface area contributed by atoms with Crippen molar-refractivity contribution < 1.29 is 9.50 Å². The van der Waals surface area contributed by atoms with Gasteiger partial charge in [-0.3, -0.25) is 9.36 Å². The molecule has 1 saturated carbocycles. The highest BCUT2D eigenvalue weighted by Gasteiger charge is 2.20. The van der Waals surface area contributed by atoms with Crippen LogP contribution in [-0.4, -0.2) is 35.5 Å². The zero-order valence-electron chi connectivity index (χ0n) is 20.4. The largest absolute Gasteiger partial charge is 0.377 e. The molecule has 8 heteroatoms. The molecule has 3 N–H and O–H groups in total. The van der Waals surface area contributed by atoms with E-state index in [1.165, 1.54) is 31.4 Å². The number of pyridine rings is 1. The molecular formula is C27H32FN5O2. The number of nitrogens with one attached hydrogen (secondary N) is 2. The van der Waals surface area contributed by atoms with E-state index >= 15 is 0 Å². The molecule has 1 aliphatic carbocycles. The van der Waals surface area contributed by atoms with Gasteiger partial charge in [0.2, 0.25) is 0 Å². The minimum absolute atomic E-state index is 0.139. The number of aromatic nitrogens is 1. The lowest BCUT2D eigenvalue weighted by Crippen LogP contribution is -2.42. The van der Waals surface area contributed by atoms with Crippen molar-refractivity contribution in [2.75, 3.05) is 30.0 Å². The third-order valence-electron chi connectivity index (χ3n) is 6.86. The summed E-state index contributed by atoms with van der Waals surface area (Å²) in [5.74, 6) is 0.169. The van der Waals surface area contributed by atoms with Crippen LogP contribution in [0.25, 0.3) is 10.8 Å². The Morgan fingerprint density at radius 2 is 2.03 bits per heavy atom. The average Bonchev–Trinajstić information content (AvgIpc) is 2.81. The average molecular weight is 478 g/mol. The molecule has 1 fully saturated rings. The van der Waals surface area contributed by atoms with Gasteiger partial charge in [-0.25, -0.2) is 4.39 Å². The monoisotopic (exact) mass is 477 g/mol. The van der Waals surface area contributed by atoms with Crippen LogP contribution in [0.1, 0.15) is 48.9 Å². The van der Waals surface area contributed by atoms with Crippen molar-refractivity contribution in [2.45, 2.75) is 45.2 Å². The first-order chi connectivity index (χ1) is 16.8. The Morgan fingerprint density at radius 3 is 2.69 bits per heavy atom. The Labute approximate surface area is 204 Å². The standard InChI is InChI=1S/C27H32FN5O2/c1-17-11-22(18(2)31-25-8-7-20(28)13-19(25)15-29)23-14-26(32(3)27(35)24(23)12-17)33(16-34)10-9-30-21-5-4-6-21/h7-8,11-14,18,21,30-31,34H,4-6,9-10,16H2,1-3H3/t18-/m1/s1. The molecule has 35 heavy (non-hydrogen) atoms. The number of aliphatic hydroxyl groups excluding tert-OH is 1. The van der Waals surface area contributed by atoms with Crippen LogP contribution in [-0.2, 0) is 7.05 Å². The molecule has 0 unspecified atom stereocenters. The number of nitriles is 1. The molecule has 4 rings (SSSR count). The Bertz CT molecular complexity index is 1330. The van der Waals surface area contributed by atoms with E-state index in [0.717, 1.165) is 23.1 Å². The molecule has 1 heterocycles. The lowest BCUT2D eigenvalue weighted by atomic mass is 9.93. The second kappa shape index (κ2) is 10.5. The molecule has 1 aliphatic rings. The molecule has 0 spiro atoms. The molecule has 184 valence electrons. The predicted molar refractivity (Wildman–Crippen MR) is 137 cm³/mol. The fourth-order valence-corrected chi connectivity index (χ4v) is 4.66. The van der Waals surface area contributed by atoms with Gasteiger partial charge in [0, 0.05) is 37.6 Å². The Hall–Kier alpha value is -3.41. The number of benzene rings is 2. The SMILES string of the molecule is Cc1cc([C@@H](C)Nc2ccc(F)cc2C#N)c2cc(N(CO)CCNC3CCC3)n(C)c(=O)c2c1. The molecule has 0 radical (unpaired) electrons. The van der Waals surface area contributed by atoms with Crippen molar-refractivity contribution in [1.82, 2.24) is 9.88 Å². The van der Waals surface area contributed by atoms with Crippen LogP contribution >= 0.6 is 0 Å². The van der Waals surface area contributed by atoms with Gasteiger partial charge in [0.1, 0.15) is 24.4 Å². The lowest BCUT2D eigenvalue weighted by Gasteiger charge is -2.30. The number of nitrogens with zero attached hydrogens (tertiary/aromatic N) is 3. The van der Waals surface area contributed by atoms with Crippen molar-refractivity contribution in [3.63, 3.8) is 0 Å². The van der Waals surface area contributed by atoms with Gasteiger partial charge in [-0.1, -0.05) is 12.5 Å². The third-order valence-corrected chi connectivity index (χ3v) is 6.86. The molecule has 3 aromatic rings. The van der Waals surface area contributed by atoms with Gasteiger partial charge in [-0.05, 0) is 73.5 Å². The van der Waals surface area contributed by atoms with Crippen molar-refractivity contribution in [3.8, 4) is 6.07 Å². The van der Waals surface area contributed by atoms with Crippen molar-refractivity contribution in [1.29, 1.82) is 5.26 Å². The van der Waals surface area contributed by atoms with E-state index in [0.29, 0.717) is 29.5 Å². The van der Waals surface area contributed by atoms with E-state index in [1.54, 1.807) is 22.6 Å². The second-order valence-electron chi connectivity index (χ2n) is 9.34. The third kappa shape index (κ3) is 5.16. The maximum atomic E-state index is 13.6. The molecule has 0 bridgehead atoms. The van der Waals surface area contributed by atoms with Crippen LogP contribution < -0.4 is 21.1 Å². The number of halogens is 1. The van der Waals surface area contributed by atoms with Gasteiger partial charge >= 0.3 is 0 Å². The number of hydrogen-bond acceptors (Lipinski definition) is 6. The summed E-state index contributed by atoms with van der Waals surface area (Å²) in [5.41, 5.74) is 2.43. The van der Waals surface area contributed by atoms with Crippen LogP contribution in [0.4, 0.5) is 15.9 Å². The summed E-state index contributed by atoms with van der Waals surface area (Å²) in [6.45, 7) is 4.97. The molecule has 0 saturated heterocycles. The van der Waals surface area contributed by atoms with E-state index < -0.39 is 5.82 Å². The summed E-state index contributed by atoms with van der Waals surface area (Å²) in [5, 5.41) is 27.7. The summed E-state index contributed by atoms with van der Waals surface area (Å²) in [6, 6.07) is 12.2. The van der Waals surface area contributed by atoms with E-state index in [4.69, 9.17) is 0 Å². The van der Waals surface area contributed by atoms with Gasteiger partial charge in [-0.15, -0.1) is 0 Å². The van der Waals surface area contributed by atoms with Gasteiger partial charge in [-0.2, -0.15) is 5.26 Å². The van der Waals surface area contributed by atoms with Crippen LogP contribution in [0.3, 0.4) is 0 Å². The van der Waals surface area contributed by atoms with Crippen LogP contribution in [0.5, 0.6) is 0 Å². The minimum Gasteiger partial charge on any atom is -0.377 e. The molecule has 0 aliphatic heterocycles. The first-order valence-electron chi connectivity index (χ1n) is 12.0. The van der Waals surface area contributed by atoms with E-state index in [2.05, 4.69) is 10.6 Å². The predicted octanol–water partition coefficient (Wildman–Crippen LogP) is 3.93. The first-order valence-corrected chi connectivity index (χ1v) is 12.0. The first kappa shape index (κ1) is 24.7. The maximum absolute atomic E-state index is 13.6. The van der Waals surface area contributed by atoms with Crippen molar-refractivity contribution in [3.05, 3.63) is 69.3 Å². The minimum atomic E-state index is -0.468. The summed E-state index contributed by atoms with van der Waals surface area (Å²) < 4.78 is 15.2. The highest BCUT2D eigenvalue weighted by molar-refractivity contribution is 5.89. The number of anilines is 2. The van der Waals surface area contributed by atoms with Gasteiger partial charge < -0.3 is 20.6 Å². The van der Waals surface area contributed by atoms with Gasteiger partial charge in [0.15, 0.2) is 0 Å². The number of aliphatic hydroxyl groups is 1. The van der Waals surface area contributed by atoms with Crippen molar-refractivity contribution in [2.24, 2.45) is 7.05 Å². The highest BCUT2D eigenvalue weighted by atomic mass is 19.1. The van der Waals surface area contributed by atoms with E-state index in [-0.39, 0.29) is 23.9 Å². The fraction of sp³-hybridized carbons (Fsp3) is 0.407. The molecule has 2 aromatic carbocycles. The Kier molecular flexibility index (Phi) is 7.39. The molecule has 0 amide bonds. The molecular weight excluding hydrogens is 445 g/mol. The number of aryl methyl sites for hydroxylation is 1. The van der Waals surface area contributed by atoms with Crippen LogP contribution in [0.15, 0.2) is 41.2 Å². The zero-order valence-corrected chi connectivity index (χ0v) is 20.4. The Morgan fingerprint density at radius 1 is 1.26 bits per heavy atom. The second-order valence-corrected chi connectivity index (χ2v) is 9.34. The van der Waals surface area contributed by atoms with Gasteiger partial charge in [0.05, 0.1) is 11.3 Å². The molecule has 1 aromatic heterocycles. The maximum Gasteiger partial charge on any atom is 0.259 e. The summed E-state index contributed by atoms with van der Waals surface area (Å²) in [4.78, 5) is 15.2. The molecule has 7 nitrogen and oxygen atoms in total. The summed E-state index contributed by atoms with van der Waals surface area (Å²) in [7, 11) is 1.72. The normalized spacial score (nSPS) is 14.4. The summed E-state index contributed by atoms with van der Waals surface area (Å²) in [6.07, 6.45) is 3.62. The lowest BCUT2D eigenvalue weighted by molar-refractivity contribution is 0.283. The van der Waals surface area contributed by atoms with Crippen LogP contribution in [0, 0.1) is 24.1 Å². The molecule has 1 atom stereocenters.